The Kier molecular flexibility index (Phi) is 3.32. The quantitative estimate of drug-likeness (QED) is 0.549. The van der Waals surface area contributed by atoms with E-state index in [1.165, 1.54) is 57.8 Å². The van der Waals surface area contributed by atoms with Crippen LogP contribution in [-0.4, -0.2) is 11.4 Å². The highest BCUT2D eigenvalue weighted by atomic mass is 14.9. The molecule has 0 aromatic carbocycles. The van der Waals surface area contributed by atoms with Gasteiger partial charge in [0.2, 0.25) is 0 Å². The molecule has 2 N–H and O–H groups in total. The van der Waals surface area contributed by atoms with E-state index in [2.05, 4.69) is 6.92 Å². The molecular weight excluding hydrogens is 184 g/mol. The highest BCUT2D eigenvalue weighted by Crippen LogP contribution is 2.34. The second-order valence-corrected chi connectivity index (χ2v) is 5.58. The average Bonchev–Trinajstić information content (AvgIpc) is 2.66. The molecule has 0 amide bonds. The van der Waals surface area contributed by atoms with Crippen molar-refractivity contribution in [1.82, 2.24) is 0 Å². The second kappa shape index (κ2) is 4.54. The van der Waals surface area contributed by atoms with Crippen molar-refractivity contribution >= 4 is 5.84 Å². The SMILES string of the molecule is CC1(N=C(N)C2CCCCC2)CCCC1. The van der Waals surface area contributed by atoms with E-state index in [1.807, 2.05) is 0 Å². The maximum Gasteiger partial charge on any atom is 0.0975 e. The van der Waals surface area contributed by atoms with Crippen LogP contribution in [0.1, 0.15) is 64.7 Å². The van der Waals surface area contributed by atoms with Gasteiger partial charge >= 0.3 is 0 Å². The van der Waals surface area contributed by atoms with Crippen LogP contribution in [0.15, 0.2) is 4.99 Å². The number of hydrogen-bond donors (Lipinski definition) is 1. The number of aliphatic imine (C=N–C) groups is 1. The monoisotopic (exact) mass is 208 g/mol. The van der Waals surface area contributed by atoms with Crippen molar-refractivity contribution in [3.05, 3.63) is 0 Å². The molecule has 0 atom stereocenters. The lowest BCUT2D eigenvalue weighted by molar-refractivity contribution is 0.425. The summed E-state index contributed by atoms with van der Waals surface area (Å²) >= 11 is 0. The molecule has 2 fully saturated rings. The highest BCUT2D eigenvalue weighted by molar-refractivity contribution is 5.83. The molecule has 2 saturated carbocycles. The standard InChI is InChI=1S/C13H24N2/c1-13(9-5-6-10-13)15-12(14)11-7-3-2-4-8-11/h11H,2-10H2,1H3,(H2,14,15). The maximum absolute atomic E-state index is 6.16. The number of hydrogen-bond acceptors (Lipinski definition) is 1. The fourth-order valence-electron chi connectivity index (χ4n) is 3.05. The summed E-state index contributed by atoms with van der Waals surface area (Å²) in [7, 11) is 0. The molecule has 2 aliphatic rings. The summed E-state index contributed by atoms with van der Waals surface area (Å²) in [6.45, 7) is 2.27. The second-order valence-electron chi connectivity index (χ2n) is 5.58. The molecule has 15 heavy (non-hydrogen) atoms. The van der Waals surface area contributed by atoms with Gasteiger partial charge in [-0.2, -0.15) is 0 Å². The zero-order valence-corrected chi connectivity index (χ0v) is 9.97. The van der Waals surface area contributed by atoms with E-state index in [9.17, 15) is 0 Å². The summed E-state index contributed by atoms with van der Waals surface area (Å²) in [6, 6.07) is 0. The van der Waals surface area contributed by atoms with E-state index in [1.54, 1.807) is 0 Å². The molecule has 2 nitrogen and oxygen atoms in total. The van der Waals surface area contributed by atoms with Crippen LogP contribution >= 0.6 is 0 Å². The average molecular weight is 208 g/mol. The molecule has 2 aliphatic carbocycles. The van der Waals surface area contributed by atoms with Crippen LogP contribution in [-0.2, 0) is 0 Å². The summed E-state index contributed by atoms with van der Waals surface area (Å²) in [5.74, 6) is 1.55. The summed E-state index contributed by atoms with van der Waals surface area (Å²) in [5, 5.41) is 0. The van der Waals surface area contributed by atoms with Gasteiger partial charge in [0.15, 0.2) is 0 Å². The topological polar surface area (TPSA) is 38.4 Å². The van der Waals surface area contributed by atoms with Crippen LogP contribution < -0.4 is 5.73 Å². The van der Waals surface area contributed by atoms with Crippen LogP contribution in [0, 0.1) is 5.92 Å². The van der Waals surface area contributed by atoms with Gasteiger partial charge in [-0.1, -0.05) is 32.1 Å². The van der Waals surface area contributed by atoms with Crippen molar-refractivity contribution in [1.29, 1.82) is 0 Å². The van der Waals surface area contributed by atoms with E-state index < -0.39 is 0 Å². The van der Waals surface area contributed by atoms with Crippen LogP contribution in [0.3, 0.4) is 0 Å². The lowest BCUT2D eigenvalue weighted by Gasteiger charge is -2.25. The Morgan fingerprint density at radius 1 is 1.07 bits per heavy atom. The Morgan fingerprint density at radius 3 is 2.27 bits per heavy atom. The first-order chi connectivity index (χ1) is 7.20. The van der Waals surface area contributed by atoms with Crippen LogP contribution in [0.5, 0.6) is 0 Å². The largest absolute Gasteiger partial charge is 0.387 e. The van der Waals surface area contributed by atoms with Gasteiger partial charge in [-0.05, 0) is 32.6 Å². The summed E-state index contributed by atoms with van der Waals surface area (Å²) < 4.78 is 0. The van der Waals surface area contributed by atoms with Gasteiger partial charge in [0.1, 0.15) is 0 Å². The molecule has 0 bridgehead atoms. The fourth-order valence-corrected chi connectivity index (χ4v) is 3.05. The lowest BCUT2D eigenvalue weighted by Crippen LogP contribution is -2.30. The minimum Gasteiger partial charge on any atom is -0.387 e. The van der Waals surface area contributed by atoms with Gasteiger partial charge in [0.05, 0.1) is 11.4 Å². The molecule has 2 heteroatoms. The molecule has 0 aromatic heterocycles. The Labute approximate surface area is 93.3 Å². The lowest BCUT2D eigenvalue weighted by atomic mass is 9.88. The summed E-state index contributed by atoms with van der Waals surface area (Å²) in [6.07, 6.45) is 11.8. The van der Waals surface area contributed by atoms with Crippen molar-refractivity contribution in [2.24, 2.45) is 16.6 Å². The highest BCUT2D eigenvalue weighted by Gasteiger charge is 2.29. The predicted octanol–water partition coefficient (Wildman–Crippen LogP) is 3.26. The van der Waals surface area contributed by atoms with E-state index in [0.717, 1.165) is 5.84 Å². The number of amidine groups is 1. The number of nitrogens with zero attached hydrogens (tertiary/aromatic N) is 1. The van der Waals surface area contributed by atoms with E-state index in [4.69, 9.17) is 10.7 Å². The van der Waals surface area contributed by atoms with Gasteiger partial charge < -0.3 is 5.73 Å². The molecule has 0 aromatic rings. The first-order valence-corrected chi connectivity index (χ1v) is 6.55. The van der Waals surface area contributed by atoms with Gasteiger partial charge in [-0.25, -0.2) is 0 Å². The molecule has 0 unspecified atom stereocenters. The molecule has 0 aliphatic heterocycles. The summed E-state index contributed by atoms with van der Waals surface area (Å²) in [5.41, 5.74) is 6.35. The molecule has 0 spiro atoms. The molecular formula is C13H24N2. The number of nitrogens with two attached hydrogens (primary N) is 1. The van der Waals surface area contributed by atoms with Crippen molar-refractivity contribution in [2.75, 3.05) is 0 Å². The first-order valence-electron chi connectivity index (χ1n) is 6.55. The van der Waals surface area contributed by atoms with Gasteiger partial charge in [-0.15, -0.1) is 0 Å². The Morgan fingerprint density at radius 2 is 1.67 bits per heavy atom. The smallest absolute Gasteiger partial charge is 0.0975 e. The first kappa shape index (κ1) is 11.0. The molecule has 2 rings (SSSR count). The zero-order valence-electron chi connectivity index (χ0n) is 9.97. The van der Waals surface area contributed by atoms with Crippen molar-refractivity contribution in [3.8, 4) is 0 Å². The van der Waals surface area contributed by atoms with Crippen molar-refractivity contribution in [3.63, 3.8) is 0 Å². The van der Waals surface area contributed by atoms with Crippen molar-refractivity contribution < 1.29 is 0 Å². The Balaban J connectivity index is 1.98. The van der Waals surface area contributed by atoms with Gasteiger partial charge in [-0.3, -0.25) is 4.99 Å². The Bertz CT molecular complexity index is 233. The van der Waals surface area contributed by atoms with Crippen LogP contribution in [0.4, 0.5) is 0 Å². The van der Waals surface area contributed by atoms with E-state index in [-0.39, 0.29) is 5.54 Å². The number of rotatable bonds is 2. The minimum atomic E-state index is 0.182. The van der Waals surface area contributed by atoms with Gasteiger partial charge in [0, 0.05) is 5.92 Å². The Hall–Kier alpha value is -0.530. The molecule has 0 heterocycles. The minimum absolute atomic E-state index is 0.182. The van der Waals surface area contributed by atoms with Gasteiger partial charge in [0.25, 0.3) is 0 Å². The normalized spacial score (nSPS) is 28.2. The van der Waals surface area contributed by atoms with Crippen molar-refractivity contribution in [2.45, 2.75) is 70.3 Å². The zero-order chi connectivity index (χ0) is 10.7. The molecule has 86 valence electrons. The summed E-state index contributed by atoms with van der Waals surface area (Å²) in [4.78, 5) is 4.83. The molecule has 0 saturated heterocycles. The predicted molar refractivity (Wildman–Crippen MR) is 65.1 cm³/mol. The van der Waals surface area contributed by atoms with E-state index in [0.29, 0.717) is 5.92 Å². The van der Waals surface area contributed by atoms with Crippen LogP contribution in [0.25, 0.3) is 0 Å². The third-order valence-corrected chi connectivity index (χ3v) is 4.10. The third kappa shape index (κ3) is 2.73. The third-order valence-electron chi connectivity index (χ3n) is 4.10. The van der Waals surface area contributed by atoms with Crippen LogP contribution in [0.2, 0.25) is 0 Å². The molecule has 0 radical (unpaired) electrons. The maximum atomic E-state index is 6.16. The fraction of sp³-hybridized carbons (Fsp3) is 0.923. The van der Waals surface area contributed by atoms with E-state index >= 15 is 0 Å².